The molecule has 0 aliphatic carbocycles. The third-order valence-electron chi connectivity index (χ3n) is 4.76. The van der Waals surface area contributed by atoms with E-state index >= 15 is 0 Å². The molecule has 2 aromatic rings. The molecule has 0 bridgehead atoms. The van der Waals surface area contributed by atoms with Gasteiger partial charge in [-0.05, 0) is 49.6 Å². The van der Waals surface area contributed by atoms with Gasteiger partial charge in [-0.25, -0.2) is 9.82 Å². The van der Waals surface area contributed by atoms with Crippen molar-refractivity contribution in [1.29, 1.82) is 0 Å². The van der Waals surface area contributed by atoms with E-state index in [0.29, 0.717) is 0 Å². The average Bonchev–Trinajstić information content (AvgIpc) is 2.73. The quantitative estimate of drug-likeness (QED) is 0.488. The van der Waals surface area contributed by atoms with Gasteiger partial charge in [0.25, 0.3) is 11.8 Å². The molecular weight excluding hydrogens is 383 g/mol. The Balaban J connectivity index is 2.00. The fraction of sp³-hybridized carbons (Fsp3) is 0.348. The van der Waals surface area contributed by atoms with Crippen molar-refractivity contribution in [3.05, 3.63) is 65.5 Å². The van der Waals surface area contributed by atoms with Gasteiger partial charge in [0, 0.05) is 18.8 Å². The molecule has 1 atom stereocenters. The number of hydrazone groups is 1. The van der Waals surface area contributed by atoms with Crippen LogP contribution in [0.2, 0.25) is 0 Å². The molecule has 2 aromatic carbocycles. The molecule has 0 spiro atoms. The monoisotopic (exact) mass is 412 g/mol. The third-order valence-corrected chi connectivity index (χ3v) is 4.76. The molecule has 6 nitrogen and oxygen atoms in total. The van der Waals surface area contributed by atoms with Crippen molar-refractivity contribution in [3.8, 4) is 0 Å². The largest absolute Gasteiger partial charge is 0.372 e. The standard InChI is InChI=1S/C23H29FN4O2/c1-5-28(6-2)18-13-11-17(12-14-18)15-25-27-23(30)21(16(3)4)26-22(29)19-9-7-8-10-20(19)24/h7-16,21H,5-6H2,1-4H3,(H,26,29)(H,27,30)/b25-15+. The van der Waals surface area contributed by atoms with Gasteiger partial charge in [-0.1, -0.05) is 38.1 Å². The highest BCUT2D eigenvalue weighted by Gasteiger charge is 2.25. The summed E-state index contributed by atoms with van der Waals surface area (Å²) < 4.78 is 13.8. The second-order valence-corrected chi connectivity index (χ2v) is 7.17. The summed E-state index contributed by atoms with van der Waals surface area (Å²) in [6.07, 6.45) is 1.54. The molecule has 2 amide bonds. The molecular formula is C23H29FN4O2. The number of amides is 2. The Hall–Kier alpha value is -3.22. The first-order chi connectivity index (χ1) is 14.4. The van der Waals surface area contributed by atoms with Crippen LogP contribution in [-0.4, -0.2) is 37.2 Å². The molecule has 0 radical (unpaired) electrons. The smallest absolute Gasteiger partial charge is 0.262 e. The van der Waals surface area contributed by atoms with Crippen molar-refractivity contribution >= 4 is 23.7 Å². The van der Waals surface area contributed by atoms with E-state index in [2.05, 4.69) is 34.6 Å². The molecule has 2 rings (SSSR count). The maximum absolute atomic E-state index is 13.8. The number of hydrogen-bond acceptors (Lipinski definition) is 4. The van der Waals surface area contributed by atoms with Gasteiger partial charge in [0.1, 0.15) is 11.9 Å². The lowest BCUT2D eigenvalue weighted by molar-refractivity contribution is -0.123. The van der Waals surface area contributed by atoms with Crippen LogP contribution in [0.15, 0.2) is 53.6 Å². The fourth-order valence-corrected chi connectivity index (χ4v) is 3.00. The lowest BCUT2D eigenvalue weighted by Gasteiger charge is -2.21. The average molecular weight is 413 g/mol. The van der Waals surface area contributed by atoms with E-state index in [4.69, 9.17) is 0 Å². The number of carbonyl (C=O) groups excluding carboxylic acids is 2. The highest BCUT2D eigenvalue weighted by Crippen LogP contribution is 2.14. The Morgan fingerprint density at radius 3 is 2.27 bits per heavy atom. The van der Waals surface area contributed by atoms with E-state index in [-0.39, 0.29) is 11.5 Å². The Morgan fingerprint density at radius 1 is 1.07 bits per heavy atom. The summed E-state index contributed by atoms with van der Waals surface area (Å²) in [6.45, 7) is 9.64. The Labute approximate surface area is 177 Å². The molecule has 0 fully saturated rings. The van der Waals surface area contributed by atoms with Crippen LogP contribution in [0, 0.1) is 11.7 Å². The number of rotatable bonds is 9. The molecule has 1 unspecified atom stereocenters. The molecule has 30 heavy (non-hydrogen) atoms. The molecule has 2 N–H and O–H groups in total. The normalized spacial score (nSPS) is 12.1. The zero-order valence-electron chi connectivity index (χ0n) is 17.9. The summed E-state index contributed by atoms with van der Waals surface area (Å²) >= 11 is 0. The van der Waals surface area contributed by atoms with Crippen molar-refractivity contribution in [2.45, 2.75) is 33.7 Å². The predicted molar refractivity (Wildman–Crippen MR) is 118 cm³/mol. The van der Waals surface area contributed by atoms with Crippen LogP contribution in [0.25, 0.3) is 0 Å². The number of anilines is 1. The number of carbonyl (C=O) groups is 2. The molecule has 160 valence electrons. The van der Waals surface area contributed by atoms with Gasteiger partial charge >= 0.3 is 0 Å². The SMILES string of the molecule is CCN(CC)c1ccc(/C=N/NC(=O)C(NC(=O)c2ccccc2F)C(C)C)cc1. The Kier molecular flexibility index (Phi) is 8.53. The number of nitrogens with one attached hydrogen (secondary N) is 2. The Morgan fingerprint density at radius 2 is 1.70 bits per heavy atom. The fourth-order valence-electron chi connectivity index (χ4n) is 3.00. The summed E-state index contributed by atoms with van der Waals surface area (Å²) in [5.41, 5.74) is 4.31. The van der Waals surface area contributed by atoms with Crippen LogP contribution < -0.4 is 15.6 Å². The summed E-state index contributed by atoms with van der Waals surface area (Å²) in [7, 11) is 0. The zero-order chi connectivity index (χ0) is 22.1. The van der Waals surface area contributed by atoms with Crippen LogP contribution in [0.5, 0.6) is 0 Å². The number of hydrogen-bond donors (Lipinski definition) is 2. The van der Waals surface area contributed by atoms with Crippen LogP contribution in [0.1, 0.15) is 43.6 Å². The van der Waals surface area contributed by atoms with Gasteiger partial charge < -0.3 is 10.2 Å². The van der Waals surface area contributed by atoms with Crippen LogP contribution in [0.3, 0.4) is 0 Å². The molecule has 0 saturated heterocycles. The van der Waals surface area contributed by atoms with E-state index in [1.54, 1.807) is 26.1 Å². The number of benzene rings is 2. The minimum atomic E-state index is -0.848. The first-order valence-electron chi connectivity index (χ1n) is 10.1. The second kappa shape index (κ2) is 11.1. The van der Waals surface area contributed by atoms with E-state index in [0.717, 1.165) is 24.3 Å². The minimum absolute atomic E-state index is 0.104. The topological polar surface area (TPSA) is 73.8 Å². The summed E-state index contributed by atoms with van der Waals surface area (Å²) in [5.74, 6) is -1.95. The first kappa shape index (κ1) is 23.1. The molecule has 0 aromatic heterocycles. The summed E-state index contributed by atoms with van der Waals surface area (Å²) in [5, 5.41) is 6.58. The highest BCUT2D eigenvalue weighted by molar-refractivity contribution is 5.98. The summed E-state index contributed by atoms with van der Waals surface area (Å²) in [4.78, 5) is 27.1. The van der Waals surface area contributed by atoms with Gasteiger partial charge in [0.2, 0.25) is 0 Å². The van der Waals surface area contributed by atoms with Gasteiger partial charge in [-0.15, -0.1) is 0 Å². The van der Waals surface area contributed by atoms with Crippen molar-refractivity contribution < 1.29 is 14.0 Å². The van der Waals surface area contributed by atoms with Gasteiger partial charge in [-0.2, -0.15) is 5.10 Å². The lowest BCUT2D eigenvalue weighted by atomic mass is 10.0. The first-order valence-corrected chi connectivity index (χ1v) is 10.1. The highest BCUT2D eigenvalue weighted by atomic mass is 19.1. The molecule has 7 heteroatoms. The van der Waals surface area contributed by atoms with Gasteiger partial charge in [0.15, 0.2) is 0 Å². The minimum Gasteiger partial charge on any atom is -0.372 e. The maximum Gasteiger partial charge on any atom is 0.262 e. The van der Waals surface area contributed by atoms with E-state index < -0.39 is 23.7 Å². The van der Waals surface area contributed by atoms with E-state index in [1.165, 1.54) is 18.2 Å². The molecule has 0 heterocycles. The maximum atomic E-state index is 13.8. The number of nitrogens with zero attached hydrogens (tertiary/aromatic N) is 2. The van der Waals surface area contributed by atoms with Gasteiger partial charge in [-0.3, -0.25) is 9.59 Å². The van der Waals surface area contributed by atoms with Crippen LogP contribution >= 0.6 is 0 Å². The predicted octanol–water partition coefficient (Wildman–Crippen LogP) is 3.58. The number of halogens is 1. The van der Waals surface area contributed by atoms with E-state index in [9.17, 15) is 14.0 Å². The molecule has 0 aliphatic heterocycles. The van der Waals surface area contributed by atoms with Crippen molar-refractivity contribution in [3.63, 3.8) is 0 Å². The van der Waals surface area contributed by atoms with Crippen LogP contribution in [-0.2, 0) is 4.79 Å². The third kappa shape index (κ3) is 6.14. The zero-order valence-corrected chi connectivity index (χ0v) is 17.9. The Bertz CT molecular complexity index is 877. The lowest BCUT2D eigenvalue weighted by Crippen LogP contribution is -2.48. The van der Waals surface area contributed by atoms with Crippen LogP contribution in [0.4, 0.5) is 10.1 Å². The van der Waals surface area contributed by atoms with Gasteiger partial charge in [0.05, 0.1) is 11.8 Å². The summed E-state index contributed by atoms with van der Waals surface area (Å²) in [6, 6.07) is 12.6. The second-order valence-electron chi connectivity index (χ2n) is 7.17. The van der Waals surface area contributed by atoms with Crippen molar-refractivity contribution in [1.82, 2.24) is 10.7 Å². The van der Waals surface area contributed by atoms with Crippen molar-refractivity contribution in [2.24, 2.45) is 11.0 Å². The molecule has 0 saturated carbocycles. The van der Waals surface area contributed by atoms with Crippen molar-refractivity contribution in [2.75, 3.05) is 18.0 Å². The molecule has 0 aliphatic rings. The van der Waals surface area contributed by atoms with E-state index in [1.807, 2.05) is 24.3 Å².